The Bertz CT molecular complexity index is 704. The third-order valence-electron chi connectivity index (χ3n) is 3.54. The van der Waals surface area contributed by atoms with Gasteiger partial charge >= 0.3 is 5.97 Å². The highest BCUT2D eigenvalue weighted by Gasteiger charge is 2.20. The Morgan fingerprint density at radius 2 is 1.91 bits per heavy atom. The van der Waals surface area contributed by atoms with Crippen LogP contribution in [0.15, 0.2) is 18.2 Å². The molecular weight excluding hydrogens is 284 g/mol. The third-order valence-corrected chi connectivity index (χ3v) is 3.54. The van der Waals surface area contributed by atoms with Crippen molar-refractivity contribution in [1.82, 2.24) is 9.78 Å². The molecule has 1 aromatic heterocycles. The quantitative estimate of drug-likeness (QED) is 0.919. The van der Waals surface area contributed by atoms with Gasteiger partial charge in [-0.3, -0.25) is 4.68 Å². The molecular formula is C16H20N2O4. The number of carboxylic acid groups (broad SMARTS) is 1. The monoisotopic (exact) mass is 304 g/mol. The predicted molar refractivity (Wildman–Crippen MR) is 82.8 cm³/mol. The van der Waals surface area contributed by atoms with E-state index in [1.165, 1.54) is 10.7 Å². The van der Waals surface area contributed by atoms with E-state index in [0.29, 0.717) is 23.1 Å². The van der Waals surface area contributed by atoms with Crippen LogP contribution in [0.4, 0.5) is 0 Å². The van der Waals surface area contributed by atoms with Gasteiger partial charge in [0.15, 0.2) is 17.2 Å². The van der Waals surface area contributed by atoms with E-state index in [1.807, 2.05) is 12.1 Å². The summed E-state index contributed by atoms with van der Waals surface area (Å²) in [5.74, 6) is 0.409. The van der Waals surface area contributed by atoms with Gasteiger partial charge in [0.2, 0.25) is 0 Å². The van der Waals surface area contributed by atoms with E-state index in [9.17, 15) is 4.79 Å². The van der Waals surface area contributed by atoms with Crippen LogP contribution in [0, 0.1) is 0 Å². The van der Waals surface area contributed by atoms with Gasteiger partial charge in [-0.2, -0.15) is 5.10 Å². The van der Waals surface area contributed by atoms with Gasteiger partial charge in [-0.05, 0) is 29.7 Å². The summed E-state index contributed by atoms with van der Waals surface area (Å²) in [4.78, 5) is 11.1. The number of aromatic carboxylic acids is 1. The molecule has 0 fully saturated rings. The SMILES string of the molecule is COc1cc(C(C)C)cc(-c2cc(C(=O)O)nn2C)c1OC. The molecule has 0 saturated heterocycles. The molecule has 0 aliphatic carbocycles. The number of carbonyl (C=O) groups is 1. The van der Waals surface area contributed by atoms with Crippen molar-refractivity contribution in [2.45, 2.75) is 19.8 Å². The average molecular weight is 304 g/mol. The van der Waals surface area contributed by atoms with E-state index in [0.717, 1.165) is 11.1 Å². The molecule has 0 aliphatic rings. The van der Waals surface area contributed by atoms with E-state index in [2.05, 4.69) is 18.9 Å². The van der Waals surface area contributed by atoms with Crippen LogP contribution in [0.2, 0.25) is 0 Å². The summed E-state index contributed by atoms with van der Waals surface area (Å²) in [5, 5.41) is 13.1. The number of nitrogens with zero attached hydrogens (tertiary/aromatic N) is 2. The first-order valence-corrected chi connectivity index (χ1v) is 6.92. The van der Waals surface area contributed by atoms with Crippen LogP contribution in [-0.4, -0.2) is 35.1 Å². The number of ether oxygens (including phenoxy) is 2. The van der Waals surface area contributed by atoms with Crippen molar-refractivity contribution < 1.29 is 19.4 Å². The molecule has 0 atom stereocenters. The van der Waals surface area contributed by atoms with Crippen molar-refractivity contribution in [3.8, 4) is 22.8 Å². The molecule has 2 aromatic rings. The smallest absolute Gasteiger partial charge is 0.356 e. The Morgan fingerprint density at radius 3 is 2.36 bits per heavy atom. The van der Waals surface area contributed by atoms with Gasteiger partial charge in [0, 0.05) is 12.6 Å². The van der Waals surface area contributed by atoms with Crippen LogP contribution in [-0.2, 0) is 7.05 Å². The lowest BCUT2D eigenvalue weighted by atomic mass is 9.98. The van der Waals surface area contributed by atoms with Crippen LogP contribution < -0.4 is 9.47 Å². The number of carboxylic acids is 1. The Hall–Kier alpha value is -2.50. The second-order valence-electron chi connectivity index (χ2n) is 5.30. The number of aromatic nitrogens is 2. The Morgan fingerprint density at radius 1 is 1.23 bits per heavy atom. The molecule has 118 valence electrons. The highest BCUT2D eigenvalue weighted by molar-refractivity contribution is 5.87. The summed E-state index contributed by atoms with van der Waals surface area (Å²) in [6, 6.07) is 5.44. The van der Waals surface area contributed by atoms with E-state index in [1.54, 1.807) is 21.3 Å². The van der Waals surface area contributed by atoms with E-state index >= 15 is 0 Å². The molecule has 2 rings (SSSR count). The van der Waals surface area contributed by atoms with Crippen LogP contribution in [0.3, 0.4) is 0 Å². The summed E-state index contributed by atoms with van der Waals surface area (Å²) in [5.41, 5.74) is 2.49. The first kappa shape index (κ1) is 15.9. The lowest BCUT2D eigenvalue weighted by molar-refractivity contribution is 0.0689. The Labute approximate surface area is 129 Å². The van der Waals surface area contributed by atoms with Gasteiger partial charge in [-0.15, -0.1) is 0 Å². The molecule has 0 bridgehead atoms. The van der Waals surface area contributed by atoms with Crippen molar-refractivity contribution in [2.24, 2.45) is 7.05 Å². The zero-order chi connectivity index (χ0) is 16.4. The highest BCUT2D eigenvalue weighted by atomic mass is 16.5. The Kier molecular flexibility index (Phi) is 4.40. The van der Waals surface area contributed by atoms with Crippen molar-refractivity contribution in [3.05, 3.63) is 29.5 Å². The van der Waals surface area contributed by atoms with E-state index < -0.39 is 5.97 Å². The standard InChI is InChI=1S/C16H20N2O4/c1-9(2)10-6-11(15(22-5)14(7-10)21-4)13-8-12(16(19)20)17-18(13)3/h6-9H,1-5H3,(H,19,20). The van der Waals surface area contributed by atoms with Crippen molar-refractivity contribution >= 4 is 5.97 Å². The molecule has 1 N–H and O–H groups in total. The van der Waals surface area contributed by atoms with Gasteiger partial charge in [0.1, 0.15) is 0 Å². The largest absolute Gasteiger partial charge is 0.493 e. The maximum absolute atomic E-state index is 11.1. The Balaban J connectivity index is 2.72. The molecule has 0 spiro atoms. The minimum atomic E-state index is -1.06. The van der Waals surface area contributed by atoms with E-state index in [4.69, 9.17) is 14.6 Å². The van der Waals surface area contributed by atoms with Gasteiger partial charge in [0.05, 0.1) is 19.9 Å². The van der Waals surface area contributed by atoms with Crippen LogP contribution >= 0.6 is 0 Å². The highest BCUT2D eigenvalue weighted by Crippen LogP contribution is 2.40. The van der Waals surface area contributed by atoms with Crippen LogP contribution in [0.1, 0.15) is 35.8 Å². The summed E-state index contributed by atoms with van der Waals surface area (Å²) in [6.07, 6.45) is 0. The topological polar surface area (TPSA) is 73.6 Å². The maximum atomic E-state index is 11.1. The van der Waals surface area contributed by atoms with Crippen molar-refractivity contribution in [2.75, 3.05) is 14.2 Å². The number of benzene rings is 1. The zero-order valence-corrected chi connectivity index (χ0v) is 13.4. The van der Waals surface area contributed by atoms with Gasteiger partial charge in [0.25, 0.3) is 0 Å². The summed E-state index contributed by atoms with van der Waals surface area (Å²) in [7, 11) is 4.85. The molecule has 0 amide bonds. The number of hydrogen-bond acceptors (Lipinski definition) is 4. The first-order valence-electron chi connectivity index (χ1n) is 6.92. The molecule has 1 aromatic carbocycles. The number of aryl methyl sites for hydroxylation is 1. The fourth-order valence-electron chi connectivity index (χ4n) is 2.33. The normalized spacial score (nSPS) is 10.8. The summed E-state index contributed by atoms with van der Waals surface area (Å²) < 4.78 is 12.4. The molecule has 0 saturated carbocycles. The van der Waals surface area contributed by atoms with Crippen molar-refractivity contribution in [1.29, 1.82) is 0 Å². The molecule has 1 heterocycles. The number of hydrogen-bond donors (Lipinski definition) is 1. The molecule has 6 nitrogen and oxygen atoms in total. The number of rotatable bonds is 5. The summed E-state index contributed by atoms with van der Waals surface area (Å²) >= 11 is 0. The second kappa shape index (κ2) is 6.09. The summed E-state index contributed by atoms with van der Waals surface area (Å²) in [6.45, 7) is 4.16. The van der Waals surface area contributed by atoms with Gasteiger partial charge in [-0.25, -0.2) is 4.79 Å². The van der Waals surface area contributed by atoms with Crippen LogP contribution in [0.5, 0.6) is 11.5 Å². The lowest BCUT2D eigenvalue weighted by Crippen LogP contribution is -2.01. The number of methoxy groups -OCH3 is 2. The van der Waals surface area contributed by atoms with Gasteiger partial charge in [-0.1, -0.05) is 13.8 Å². The van der Waals surface area contributed by atoms with Gasteiger partial charge < -0.3 is 14.6 Å². The molecule has 6 heteroatoms. The fraction of sp³-hybridized carbons (Fsp3) is 0.375. The molecule has 0 unspecified atom stereocenters. The maximum Gasteiger partial charge on any atom is 0.356 e. The van der Waals surface area contributed by atoms with Crippen molar-refractivity contribution in [3.63, 3.8) is 0 Å². The third kappa shape index (κ3) is 2.77. The minimum Gasteiger partial charge on any atom is -0.493 e. The second-order valence-corrected chi connectivity index (χ2v) is 5.30. The van der Waals surface area contributed by atoms with Crippen LogP contribution in [0.25, 0.3) is 11.3 Å². The minimum absolute atomic E-state index is 0.00605. The zero-order valence-electron chi connectivity index (χ0n) is 13.4. The predicted octanol–water partition coefficient (Wildman–Crippen LogP) is 2.93. The molecule has 0 aliphatic heterocycles. The first-order chi connectivity index (χ1) is 10.4. The average Bonchev–Trinajstić information content (AvgIpc) is 2.87. The molecule has 0 radical (unpaired) electrons. The van der Waals surface area contributed by atoms with E-state index in [-0.39, 0.29) is 5.69 Å². The molecule has 22 heavy (non-hydrogen) atoms. The fourth-order valence-corrected chi connectivity index (χ4v) is 2.33. The lowest BCUT2D eigenvalue weighted by Gasteiger charge is -2.16.